The lowest BCUT2D eigenvalue weighted by Gasteiger charge is -2.27. The number of aromatic amines is 1. The number of benzene rings is 2. The molecule has 0 radical (unpaired) electrons. The summed E-state index contributed by atoms with van der Waals surface area (Å²) in [7, 11) is 0. The fourth-order valence-electron chi connectivity index (χ4n) is 5.50. The van der Waals surface area contributed by atoms with Gasteiger partial charge in [-0.05, 0) is 91.8 Å². The van der Waals surface area contributed by atoms with Crippen molar-refractivity contribution in [3.63, 3.8) is 0 Å². The Labute approximate surface area is 222 Å². The predicted molar refractivity (Wildman–Crippen MR) is 150 cm³/mol. The van der Waals surface area contributed by atoms with E-state index in [-0.39, 0.29) is 11.5 Å². The Morgan fingerprint density at radius 2 is 1.74 bits per heavy atom. The second kappa shape index (κ2) is 10.3. The Morgan fingerprint density at radius 1 is 0.921 bits per heavy atom. The third-order valence-corrected chi connectivity index (χ3v) is 7.67. The van der Waals surface area contributed by atoms with E-state index in [1.54, 1.807) is 12.4 Å². The fraction of sp³-hybridized carbons (Fsp3) is 0.323. The SMILES string of the molecule is Cc1ccc(N2CCCCC2=O)cc1Cc1ncc(-c2cc(-c3ccc[nH]c3=O)cc(N3CCCC3)c2)o1. The van der Waals surface area contributed by atoms with Gasteiger partial charge in [-0.15, -0.1) is 0 Å². The molecule has 38 heavy (non-hydrogen) atoms. The first-order valence-corrected chi connectivity index (χ1v) is 13.5. The zero-order chi connectivity index (χ0) is 26.1. The molecular formula is C31H32N4O3. The number of carbonyl (C=O) groups is 1. The molecule has 0 unspecified atom stereocenters. The number of nitrogens with one attached hydrogen (secondary N) is 1. The normalized spacial score (nSPS) is 15.9. The van der Waals surface area contributed by atoms with E-state index in [9.17, 15) is 9.59 Å². The number of hydrogen-bond acceptors (Lipinski definition) is 5. The summed E-state index contributed by atoms with van der Waals surface area (Å²) in [6, 6.07) is 16.1. The molecule has 0 aliphatic carbocycles. The maximum atomic E-state index is 12.6. The Balaban J connectivity index is 1.32. The van der Waals surface area contributed by atoms with Crippen molar-refractivity contribution in [2.24, 2.45) is 0 Å². The summed E-state index contributed by atoms with van der Waals surface area (Å²) in [6.45, 7) is 4.85. The molecule has 0 saturated carbocycles. The van der Waals surface area contributed by atoms with Gasteiger partial charge in [0, 0.05) is 61.2 Å². The van der Waals surface area contributed by atoms with Gasteiger partial charge in [0.2, 0.25) is 5.91 Å². The minimum atomic E-state index is -0.113. The van der Waals surface area contributed by atoms with Crippen LogP contribution in [0.15, 0.2) is 70.1 Å². The molecule has 2 aliphatic heterocycles. The lowest BCUT2D eigenvalue weighted by atomic mass is 10.0. The van der Waals surface area contributed by atoms with Crippen molar-refractivity contribution in [1.29, 1.82) is 0 Å². The highest BCUT2D eigenvalue weighted by molar-refractivity contribution is 5.94. The number of H-pyrrole nitrogens is 1. The molecule has 4 aromatic rings. The maximum absolute atomic E-state index is 12.6. The molecule has 2 aliphatic rings. The van der Waals surface area contributed by atoms with Gasteiger partial charge in [-0.25, -0.2) is 4.98 Å². The van der Waals surface area contributed by atoms with Crippen LogP contribution in [0.1, 0.15) is 49.1 Å². The molecule has 2 saturated heterocycles. The molecule has 0 atom stereocenters. The van der Waals surface area contributed by atoms with Crippen molar-refractivity contribution in [1.82, 2.24) is 9.97 Å². The van der Waals surface area contributed by atoms with Crippen molar-refractivity contribution in [2.75, 3.05) is 29.4 Å². The Kier molecular flexibility index (Phi) is 6.58. The molecule has 2 fully saturated rings. The molecule has 4 heterocycles. The summed E-state index contributed by atoms with van der Waals surface area (Å²) in [5.41, 5.74) is 6.54. The third kappa shape index (κ3) is 4.88. The minimum Gasteiger partial charge on any atom is -0.440 e. The third-order valence-electron chi connectivity index (χ3n) is 7.67. The Hall–Kier alpha value is -4.13. The second-order valence-corrected chi connectivity index (χ2v) is 10.3. The number of hydrogen-bond donors (Lipinski definition) is 1. The first-order valence-electron chi connectivity index (χ1n) is 13.5. The van der Waals surface area contributed by atoms with E-state index in [0.29, 0.717) is 30.1 Å². The summed E-state index contributed by atoms with van der Waals surface area (Å²) >= 11 is 0. The highest BCUT2D eigenvalue weighted by Gasteiger charge is 2.21. The monoisotopic (exact) mass is 508 g/mol. The summed E-state index contributed by atoms with van der Waals surface area (Å²) < 4.78 is 6.28. The lowest BCUT2D eigenvalue weighted by molar-refractivity contribution is -0.119. The van der Waals surface area contributed by atoms with Crippen molar-refractivity contribution < 1.29 is 9.21 Å². The minimum absolute atomic E-state index is 0.113. The van der Waals surface area contributed by atoms with Gasteiger partial charge in [0.1, 0.15) is 0 Å². The van der Waals surface area contributed by atoms with Gasteiger partial charge in [-0.2, -0.15) is 0 Å². The number of aromatic nitrogens is 2. The standard InChI is InChI=1S/C31H32N4O3/c1-21-9-10-25(35-14-3-2-8-30(35)36)16-22(21)19-29-33-20-28(38-29)24-15-23(27-7-6-11-32-31(27)37)17-26(18-24)34-12-4-5-13-34/h6-7,9-11,15-18,20H,2-5,8,12-14,19H2,1H3,(H,32,37). The number of rotatable bonds is 6. The average molecular weight is 509 g/mol. The number of piperidine rings is 1. The van der Waals surface area contributed by atoms with Gasteiger partial charge < -0.3 is 19.2 Å². The van der Waals surface area contributed by atoms with Crippen LogP contribution in [-0.4, -0.2) is 35.5 Å². The number of aryl methyl sites for hydroxylation is 1. The largest absolute Gasteiger partial charge is 0.440 e. The predicted octanol–water partition coefficient (Wildman–Crippen LogP) is 5.71. The summed E-state index contributed by atoms with van der Waals surface area (Å²) in [4.78, 5) is 36.7. The van der Waals surface area contributed by atoms with Gasteiger partial charge in [0.15, 0.2) is 11.7 Å². The summed E-state index contributed by atoms with van der Waals surface area (Å²) in [5, 5.41) is 0. The van der Waals surface area contributed by atoms with Crippen LogP contribution in [0.4, 0.5) is 11.4 Å². The molecule has 6 rings (SSSR count). The lowest BCUT2D eigenvalue weighted by Crippen LogP contribution is -2.35. The molecule has 1 N–H and O–H groups in total. The van der Waals surface area contributed by atoms with Crippen LogP contribution in [-0.2, 0) is 11.2 Å². The Bertz CT molecular complexity index is 1530. The second-order valence-electron chi connectivity index (χ2n) is 10.3. The molecule has 2 aromatic carbocycles. The molecule has 7 heteroatoms. The summed E-state index contributed by atoms with van der Waals surface area (Å²) in [5.74, 6) is 1.49. The van der Waals surface area contributed by atoms with Crippen LogP contribution < -0.4 is 15.4 Å². The number of carbonyl (C=O) groups excluding carboxylic acids is 1. The quantitative estimate of drug-likeness (QED) is 0.361. The smallest absolute Gasteiger partial charge is 0.255 e. The van der Waals surface area contributed by atoms with Crippen molar-refractivity contribution >= 4 is 17.3 Å². The summed E-state index contributed by atoms with van der Waals surface area (Å²) in [6.07, 6.45) is 8.90. The van der Waals surface area contributed by atoms with Crippen LogP contribution >= 0.6 is 0 Å². The molecule has 0 bridgehead atoms. The number of oxazole rings is 1. The van der Waals surface area contributed by atoms with E-state index in [1.165, 1.54) is 12.8 Å². The number of anilines is 2. The zero-order valence-corrected chi connectivity index (χ0v) is 21.7. The van der Waals surface area contributed by atoms with E-state index >= 15 is 0 Å². The number of pyridine rings is 1. The van der Waals surface area contributed by atoms with E-state index in [0.717, 1.165) is 66.1 Å². The van der Waals surface area contributed by atoms with Crippen molar-refractivity contribution in [2.45, 2.75) is 45.4 Å². The van der Waals surface area contributed by atoms with E-state index in [1.807, 2.05) is 29.2 Å². The molecule has 0 spiro atoms. The van der Waals surface area contributed by atoms with E-state index < -0.39 is 0 Å². The van der Waals surface area contributed by atoms with Crippen LogP contribution in [0, 0.1) is 6.92 Å². The van der Waals surface area contributed by atoms with Gasteiger partial charge >= 0.3 is 0 Å². The van der Waals surface area contributed by atoms with E-state index in [4.69, 9.17) is 4.42 Å². The Morgan fingerprint density at radius 3 is 2.55 bits per heavy atom. The maximum Gasteiger partial charge on any atom is 0.255 e. The number of amides is 1. The topological polar surface area (TPSA) is 82.4 Å². The first-order chi connectivity index (χ1) is 18.5. The van der Waals surface area contributed by atoms with Gasteiger partial charge in [0.05, 0.1) is 6.20 Å². The highest BCUT2D eigenvalue weighted by atomic mass is 16.4. The first kappa shape index (κ1) is 24.2. The molecule has 2 aromatic heterocycles. The molecule has 1 amide bonds. The molecular weight excluding hydrogens is 476 g/mol. The zero-order valence-electron chi connectivity index (χ0n) is 21.7. The van der Waals surface area contributed by atoms with Crippen molar-refractivity contribution in [3.05, 3.63) is 88.3 Å². The van der Waals surface area contributed by atoms with Crippen LogP contribution in [0.2, 0.25) is 0 Å². The van der Waals surface area contributed by atoms with E-state index in [2.05, 4.69) is 46.1 Å². The molecule has 194 valence electrons. The van der Waals surface area contributed by atoms with Crippen LogP contribution in [0.25, 0.3) is 22.5 Å². The van der Waals surface area contributed by atoms with Crippen LogP contribution in [0.5, 0.6) is 0 Å². The molecule has 7 nitrogen and oxygen atoms in total. The van der Waals surface area contributed by atoms with Gasteiger partial charge in [-0.3, -0.25) is 9.59 Å². The average Bonchev–Trinajstić information content (AvgIpc) is 3.63. The van der Waals surface area contributed by atoms with Gasteiger partial charge in [0.25, 0.3) is 5.56 Å². The van der Waals surface area contributed by atoms with Crippen LogP contribution in [0.3, 0.4) is 0 Å². The van der Waals surface area contributed by atoms with Gasteiger partial charge in [-0.1, -0.05) is 6.07 Å². The van der Waals surface area contributed by atoms with Crippen molar-refractivity contribution in [3.8, 4) is 22.5 Å². The number of nitrogens with zero attached hydrogens (tertiary/aromatic N) is 3. The highest BCUT2D eigenvalue weighted by Crippen LogP contribution is 2.33. The fourth-order valence-corrected chi connectivity index (χ4v) is 5.50.